The van der Waals surface area contributed by atoms with Gasteiger partial charge in [0, 0.05) is 0 Å². The predicted molar refractivity (Wildman–Crippen MR) is 88.7 cm³/mol. The first-order valence-corrected chi connectivity index (χ1v) is 8.91. The van der Waals surface area contributed by atoms with Gasteiger partial charge < -0.3 is 22.1 Å². The zero-order chi connectivity index (χ0) is 16.2. The minimum Gasteiger partial charge on any atom is -1.00 e. The van der Waals surface area contributed by atoms with Gasteiger partial charge in [-0.05, 0) is 25.7 Å². The quantitative estimate of drug-likeness (QED) is 0.405. The topological polar surface area (TPSA) is 46.1 Å². The molecular weight excluding hydrogens is 356 g/mol. The van der Waals surface area contributed by atoms with Gasteiger partial charge in [-0.2, -0.15) is 0 Å². The third-order valence-corrected chi connectivity index (χ3v) is 4.24. The number of unbranched alkanes of at least 4 members (excludes halogenated alkanes) is 6. The van der Waals surface area contributed by atoms with E-state index in [2.05, 4.69) is 34.8 Å². The maximum absolute atomic E-state index is 10.7. The Bertz CT molecular complexity index is 421. The van der Waals surface area contributed by atoms with E-state index in [-0.39, 0.29) is 22.9 Å². The molecule has 1 heterocycles. The number of rotatable bonds is 13. The molecule has 0 saturated heterocycles. The van der Waals surface area contributed by atoms with Crippen molar-refractivity contribution in [2.75, 3.05) is 0 Å². The van der Waals surface area contributed by atoms with E-state index in [1.807, 2.05) is 0 Å². The van der Waals surface area contributed by atoms with Gasteiger partial charge >= 0.3 is 5.97 Å². The fourth-order valence-corrected chi connectivity index (χ4v) is 2.62. The van der Waals surface area contributed by atoms with Crippen molar-refractivity contribution in [3.05, 3.63) is 18.7 Å². The molecule has 0 saturated carbocycles. The Labute approximate surface area is 151 Å². The van der Waals surface area contributed by atoms with Crippen LogP contribution in [-0.2, 0) is 17.9 Å². The second kappa shape index (κ2) is 13.6. The largest absolute Gasteiger partial charge is 1.00 e. The van der Waals surface area contributed by atoms with Gasteiger partial charge in [-0.15, -0.1) is 0 Å². The third-order valence-electron chi connectivity index (χ3n) is 4.24. The molecule has 0 spiro atoms. The first-order valence-electron chi connectivity index (χ1n) is 8.91. The van der Waals surface area contributed by atoms with Gasteiger partial charge in [0.1, 0.15) is 12.4 Å². The molecule has 1 aromatic rings. The molecule has 23 heavy (non-hydrogen) atoms. The van der Waals surface area contributed by atoms with Gasteiger partial charge in [-0.25, -0.2) is 9.13 Å². The summed E-state index contributed by atoms with van der Waals surface area (Å²) in [6.07, 6.45) is 17.0. The molecule has 5 heteroatoms. The van der Waals surface area contributed by atoms with Crippen LogP contribution < -0.4 is 21.5 Å². The lowest BCUT2D eigenvalue weighted by atomic mass is 10.0. The number of halogens is 1. The summed E-state index contributed by atoms with van der Waals surface area (Å²) in [6.45, 7) is 6.25. The number of carboxylic acid groups (broad SMARTS) is 1. The van der Waals surface area contributed by atoms with E-state index in [1.165, 1.54) is 38.5 Å². The van der Waals surface area contributed by atoms with Crippen molar-refractivity contribution in [1.82, 2.24) is 4.57 Å². The third kappa shape index (κ3) is 10.5. The molecule has 0 aliphatic rings. The average Bonchev–Trinajstić information content (AvgIpc) is 2.95. The highest BCUT2D eigenvalue weighted by molar-refractivity contribution is 5.69. The van der Waals surface area contributed by atoms with E-state index in [0.29, 0.717) is 0 Å². The number of aromatic nitrogens is 2. The number of carbonyl (C=O) groups is 1. The van der Waals surface area contributed by atoms with Crippen LogP contribution in [0.5, 0.6) is 0 Å². The molecule has 1 N–H and O–H groups in total. The van der Waals surface area contributed by atoms with Gasteiger partial charge in [-0.1, -0.05) is 46.0 Å². The van der Waals surface area contributed by atoms with Gasteiger partial charge in [0.2, 0.25) is 6.33 Å². The fourth-order valence-electron chi connectivity index (χ4n) is 2.62. The summed E-state index contributed by atoms with van der Waals surface area (Å²) in [5.41, 5.74) is 0. The van der Waals surface area contributed by atoms with Crippen molar-refractivity contribution in [1.29, 1.82) is 0 Å². The zero-order valence-corrected chi connectivity index (χ0v) is 16.3. The van der Waals surface area contributed by atoms with Crippen LogP contribution in [0.3, 0.4) is 0 Å². The number of hydrogen-bond donors (Lipinski definition) is 1. The van der Waals surface area contributed by atoms with Crippen molar-refractivity contribution in [3.63, 3.8) is 0 Å². The van der Waals surface area contributed by atoms with Gasteiger partial charge in [-0.3, -0.25) is 4.79 Å². The molecule has 1 unspecified atom stereocenters. The second-order valence-corrected chi connectivity index (χ2v) is 6.39. The number of hydrogen-bond acceptors (Lipinski definition) is 1. The van der Waals surface area contributed by atoms with E-state index in [9.17, 15) is 4.79 Å². The maximum atomic E-state index is 10.7. The predicted octanol–water partition coefficient (Wildman–Crippen LogP) is 1.03. The molecule has 0 bridgehead atoms. The Kier molecular flexibility index (Phi) is 13.1. The van der Waals surface area contributed by atoms with Crippen molar-refractivity contribution in [3.8, 4) is 0 Å². The molecule has 0 aliphatic carbocycles. The van der Waals surface area contributed by atoms with Crippen molar-refractivity contribution >= 4 is 5.97 Å². The number of imidazole rings is 1. The molecule has 4 nitrogen and oxygen atoms in total. The van der Waals surface area contributed by atoms with Crippen LogP contribution in [0, 0.1) is 5.92 Å². The summed E-state index contributed by atoms with van der Waals surface area (Å²) in [4.78, 5) is 10.7. The van der Waals surface area contributed by atoms with Crippen LogP contribution >= 0.6 is 0 Å². The van der Waals surface area contributed by atoms with Gasteiger partial charge in [0.25, 0.3) is 0 Å². The molecule has 0 amide bonds. The lowest BCUT2D eigenvalue weighted by molar-refractivity contribution is -0.696. The second-order valence-electron chi connectivity index (χ2n) is 6.39. The normalized spacial score (nSPS) is 11.9. The van der Waals surface area contributed by atoms with Crippen LogP contribution in [-0.4, -0.2) is 15.6 Å². The Balaban J connectivity index is 0.00000484. The molecule has 0 radical (unpaired) electrons. The highest BCUT2D eigenvalue weighted by Gasteiger charge is 2.09. The minimum absolute atomic E-state index is 0. The number of nitrogens with zero attached hydrogens (tertiary/aromatic N) is 2. The molecule has 0 aliphatic heterocycles. The monoisotopic (exact) mass is 388 g/mol. The van der Waals surface area contributed by atoms with E-state index < -0.39 is 5.97 Å². The lowest BCUT2D eigenvalue weighted by Crippen LogP contribution is -3.00. The lowest BCUT2D eigenvalue weighted by Gasteiger charge is -2.05. The highest BCUT2D eigenvalue weighted by Crippen LogP contribution is 2.12. The van der Waals surface area contributed by atoms with E-state index in [0.717, 1.165) is 32.4 Å². The number of carboxylic acids is 1. The van der Waals surface area contributed by atoms with Gasteiger partial charge in [0.15, 0.2) is 0 Å². The molecule has 1 rings (SSSR count). The molecule has 0 aromatic carbocycles. The van der Waals surface area contributed by atoms with Crippen LogP contribution in [0.4, 0.5) is 0 Å². The minimum atomic E-state index is -0.664. The average molecular weight is 389 g/mol. The molecule has 134 valence electrons. The van der Waals surface area contributed by atoms with Gasteiger partial charge in [0.05, 0.1) is 19.0 Å². The molecule has 1 aromatic heterocycles. The summed E-state index contributed by atoms with van der Waals surface area (Å²) >= 11 is 0. The Hall–Kier alpha value is -0.840. The Morgan fingerprint density at radius 2 is 1.78 bits per heavy atom. The van der Waals surface area contributed by atoms with E-state index in [4.69, 9.17) is 5.11 Å². The van der Waals surface area contributed by atoms with E-state index >= 15 is 0 Å². The van der Waals surface area contributed by atoms with Crippen LogP contribution in [0.25, 0.3) is 0 Å². The highest BCUT2D eigenvalue weighted by atomic mass is 79.9. The smallest absolute Gasteiger partial charge is 0.306 e. The molecular formula is C18H33BrN2O2. The van der Waals surface area contributed by atoms with Crippen molar-refractivity contribution < 1.29 is 31.4 Å². The fraction of sp³-hybridized carbons (Fsp3) is 0.778. The molecule has 1 atom stereocenters. The summed E-state index contributed by atoms with van der Waals surface area (Å²) in [5, 5.41) is 8.81. The van der Waals surface area contributed by atoms with Crippen LogP contribution in [0.2, 0.25) is 0 Å². The first kappa shape index (κ1) is 22.2. The van der Waals surface area contributed by atoms with Crippen LogP contribution in [0.1, 0.15) is 71.6 Å². The standard InChI is InChI=1S/C18H32N2O2.BrH/c1-3-4-12-19-14-15-20(16-19)13-10-8-6-5-7-9-11-17(2)18(21)22;/h14-17H,3-13H2,1-2H3;1H. The molecule has 0 fully saturated rings. The van der Waals surface area contributed by atoms with E-state index in [1.54, 1.807) is 6.92 Å². The van der Waals surface area contributed by atoms with Crippen molar-refractivity contribution in [2.24, 2.45) is 5.92 Å². The van der Waals surface area contributed by atoms with Crippen molar-refractivity contribution in [2.45, 2.75) is 84.7 Å². The number of aryl methyl sites for hydroxylation is 2. The summed E-state index contributed by atoms with van der Waals surface area (Å²) in [5.74, 6) is -0.851. The zero-order valence-electron chi connectivity index (χ0n) is 14.7. The van der Waals surface area contributed by atoms with Crippen LogP contribution in [0.15, 0.2) is 18.7 Å². The summed E-state index contributed by atoms with van der Waals surface area (Å²) in [7, 11) is 0. The summed E-state index contributed by atoms with van der Waals surface area (Å²) < 4.78 is 4.55. The maximum Gasteiger partial charge on any atom is 0.306 e. The number of aliphatic carboxylic acids is 1. The SMILES string of the molecule is CCCCn1cc[n+](CCCCCCCCC(C)C(=O)O)c1.[Br-]. The Morgan fingerprint density at radius 1 is 1.13 bits per heavy atom. The summed E-state index contributed by atoms with van der Waals surface area (Å²) in [6, 6.07) is 0. The first-order chi connectivity index (χ1) is 10.6. The Morgan fingerprint density at radius 3 is 2.43 bits per heavy atom.